The molecule has 23 heavy (non-hydrogen) atoms. The van der Waals surface area contributed by atoms with Crippen LogP contribution >= 0.6 is 0 Å². The molecule has 0 aliphatic carbocycles. The lowest BCUT2D eigenvalue weighted by molar-refractivity contribution is -0.375. The third kappa shape index (κ3) is 2.91. The predicted octanol–water partition coefficient (Wildman–Crippen LogP) is 3.10. The van der Waals surface area contributed by atoms with Gasteiger partial charge in [0.15, 0.2) is 0 Å². The summed E-state index contributed by atoms with van der Waals surface area (Å²) < 4.78 is 5.14. The van der Waals surface area contributed by atoms with Crippen molar-refractivity contribution >= 4 is 17.7 Å². The molecular weight excluding hydrogens is 296 g/mol. The summed E-state index contributed by atoms with van der Waals surface area (Å²) in [6.07, 6.45) is 3.86. The quantitative estimate of drug-likeness (QED) is 0.643. The highest BCUT2D eigenvalue weighted by Crippen LogP contribution is 2.27. The second kappa shape index (κ2) is 5.92. The number of hydrogen-bond acceptors (Lipinski definition) is 5. The second-order valence-electron chi connectivity index (χ2n) is 5.12. The van der Waals surface area contributed by atoms with Crippen molar-refractivity contribution in [2.75, 3.05) is 12.0 Å². The molecule has 0 bridgehead atoms. The Morgan fingerprint density at radius 2 is 1.96 bits per heavy atom. The number of anilines is 1. The van der Waals surface area contributed by atoms with Crippen LogP contribution in [0.2, 0.25) is 0 Å². The van der Waals surface area contributed by atoms with E-state index in [0.29, 0.717) is 6.54 Å². The van der Waals surface area contributed by atoms with Crippen LogP contribution in [0.4, 0.5) is 5.69 Å². The Labute approximate surface area is 132 Å². The van der Waals surface area contributed by atoms with Crippen molar-refractivity contribution < 1.29 is 14.5 Å². The maximum atomic E-state index is 11.5. The van der Waals surface area contributed by atoms with Gasteiger partial charge in [-0.15, -0.1) is 0 Å². The monoisotopic (exact) mass is 310 g/mol. The highest BCUT2D eigenvalue weighted by atomic mass is 16.6. The highest BCUT2D eigenvalue weighted by Gasteiger charge is 2.21. The Bertz CT molecular complexity index is 797. The number of carbonyl (C=O) groups excluding carboxylic acids is 1. The van der Waals surface area contributed by atoms with Gasteiger partial charge in [-0.1, -0.05) is 6.07 Å². The number of ether oxygens (including phenoxy) is 1. The van der Waals surface area contributed by atoms with Crippen molar-refractivity contribution in [3.8, 4) is 5.75 Å². The smallest absolute Gasteiger partial charge is 0.476 e. The topological polar surface area (TPSA) is 72.7 Å². The zero-order valence-corrected chi connectivity index (χ0v) is 12.4. The number of nitro groups is 1. The van der Waals surface area contributed by atoms with Crippen LogP contribution in [0.1, 0.15) is 21.5 Å². The molecule has 0 radical (unpaired) electrons. The molecule has 1 heterocycles. The van der Waals surface area contributed by atoms with Crippen LogP contribution in [-0.4, -0.2) is 17.9 Å². The number of nitrogens with zero attached hydrogens (tertiary/aromatic N) is 2. The number of benzene rings is 2. The molecule has 1 aliphatic heterocycles. The molecule has 0 atom stereocenters. The predicted molar refractivity (Wildman–Crippen MR) is 86.0 cm³/mol. The molecule has 1 aliphatic rings. The van der Waals surface area contributed by atoms with Gasteiger partial charge in [-0.3, -0.25) is 10.1 Å². The zero-order valence-electron chi connectivity index (χ0n) is 12.4. The molecule has 6 heteroatoms. The van der Waals surface area contributed by atoms with Gasteiger partial charge >= 0.3 is 5.91 Å². The summed E-state index contributed by atoms with van der Waals surface area (Å²) in [5, 5.41) is 10.6. The molecule has 0 fully saturated rings. The number of hydrogen-bond donors (Lipinski definition) is 0. The molecule has 0 aromatic heterocycles. The fourth-order valence-corrected chi connectivity index (χ4v) is 2.50. The van der Waals surface area contributed by atoms with Gasteiger partial charge in [-0.2, -0.15) is 0 Å². The number of amides is 1. The number of carbonyl (C=O) groups is 1. The lowest BCUT2D eigenvalue weighted by Gasteiger charge is -2.25. The Kier molecular flexibility index (Phi) is 3.80. The van der Waals surface area contributed by atoms with Crippen LogP contribution in [-0.2, 0) is 6.54 Å². The number of rotatable bonds is 3. The van der Waals surface area contributed by atoms with Gasteiger partial charge in [0.2, 0.25) is 0 Å². The van der Waals surface area contributed by atoms with Crippen LogP contribution in [0, 0.1) is 10.1 Å². The minimum atomic E-state index is -1.08. The third-order valence-electron chi connectivity index (χ3n) is 3.73. The average molecular weight is 310 g/mol. The van der Waals surface area contributed by atoms with Gasteiger partial charge in [-0.05, 0) is 53.6 Å². The Hall–Kier alpha value is -3.15. The van der Waals surface area contributed by atoms with Gasteiger partial charge in [0.05, 0.1) is 12.7 Å². The van der Waals surface area contributed by atoms with Crippen molar-refractivity contribution in [3.05, 3.63) is 75.5 Å². The van der Waals surface area contributed by atoms with E-state index in [1.54, 1.807) is 19.2 Å². The van der Waals surface area contributed by atoms with Crippen molar-refractivity contribution in [1.29, 1.82) is 0 Å². The van der Waals surface area contributed by atoms with Crippen molar-refractivity contribution in [2.24, 2.45) is 0 Å². The van der Waals surface area contributed by atoms with E-state index in [0.717, 1.165) is 22.6 Å². The van der Waals surface area contributed by atoms with Crippen LogP contribution < -0.4 is 9.64 Å². The summed E-state index contributed by atoms with van der Waals surface area (Å²) in [5.41, 5.74) is 2.89. The van der Waals surface area contributed by atoms with Gasteiger partial charge in [-0.25, -0.2) is 4.79 Å². The standard InChI is InChI=1S/C17H14N2O4/c1-23-16-6-4-15(5-7-16)18-9-8-12-2-3-13(10-14(12)11-18)17(20)19(21)22/h2-10H,11H2,1H3. The average Bonchev–Trinajstić information content (AvgIpc) is 2.60. The molecule has 1 amide bonds. The van der Waals surface area contributed by atoms with Crippen molar-refractivity contribution in [2.45, 2.75) is 6.54 Å². The minimum Gasteiger partial charge on any atom is -0.497 e. The number of methoxy groups -OCH3 is 1. The van der Waals surface area contributed by atoms with E-state index in [2.05, 4.69) is 0 Å². The third-order valence-corrected chi connectivity index (χ3v) is 3.73. The normalized spacial score (nSPS) is 12.7. The summed E-state index contributed by atoms with van der Waals surface area (Å²) in [4.78, 5) is 23.2. The summed E-state index contributed by atoms with van der Waals surface area (Å²) in [6.45, 7) is 0.539. The molecule has 0 saturated heterocycles. The molecule has 2 aromatic rings. The molecule has 0 saturated carbocycles. The molecule has 6 nitrogen and oxygen atoms in total. The van der Waals surface area contributed by atoms with E-state index < -0.39 is 10.8 Å². The van der Waals surface area contributed by atoms with E-state index in [1.165, 1.54) is 6.07 Å². The SMILES string of the molecule is COc1ccc(N2C=Cc3ccc(C(=O)[N+](=O)[O-])cc3C2)cc1. The molecule has 2 aromatic carbocycles. The molecule has 0 unspecified atom stereocenters. The highest BCUT2D eigenvalue weighted by molar-refractivity contribution is 5.88. The zero-order chi connectivity index (χ0) is 16.4. The molecule has 0 spiro atoms. The lowest BCUT2D eigenvalue weighted by atomic mass is 10.0. The van der Waals surface area contributed by atoms with Crippen LogP contribution in [0.5, 0.6) is 5.75 Å². The fourth-order valence-electron chi connectivity index (χ4n) is 2.50. The van der Waals surface area contributed by atoms with Crippen LogP contribution in [0.3, 0.4) is 0 Å². The molecule has 0 N–H and O–H groups in total. The van der Waals surface area contributed by atoms with E-state index in [1.807, 2.05) is 41.4 Å². The van der Waals surface area contributed by atoms with E-state index in [9.17, 15) is 14.9 Å². The Morgan fingerprint density at radius 1 is 1.22 bits per heavy atom. The molecule has 3 rings (SSSR count). The Balaban J connectivity index is 1.88. The summed E-state index contributed by atoms with van der Waals surface area (Å²) in [7, 11) is 1.61. The van der Waals surface area contributed by atoms with Gasteiger partial charge in [0.1, 0.15) is 10.7 Å². The largest absolute Gasteiger partial charge is 0.497 e. The van der Waals surface area contributed by atoms with E-state index >= 15 is 0 Å². The fraction of sp³-hybridized carbons (Fsp3) is 0.118. The van der Waals surface area contributed by atoms with Crippen LogP contribution in [0.25, 0.3) is 6.08 Å². The van der Waals surface area contributed by atoms with Crippen molar-refractivity contribution in [3.63, 3.8) is 0 Å². The molecular formula is C17H14N2O4. The van der Waals surface area contributed by atoms with E-state index in [4.69, 9.17) is 4.74 Å². The summed E-state index contributed by atoms with van der Waals surface area (Å²) in [6, 6.07) is 12.4. The van der Waals surface area contributed by atoms with E-state index in [-0.39, 0.29) is 5.56 Å². The molecule has 116 valence electrons. The van der Waals surface area contributed by atoms with Crippen molar-refractivity contribution in [1.82, 2.24) is 0 Å². The van der Waals surface area contributed by atoms with Gasteiger partial charge < -0.3 is 9.64 Å². The maximum Gasteiger partial charge on any atom is 0.476 e. The first-order valence-corrected chi connectivity index (χ1v) is 6.99. The first kappa shape index (κ1) is 14.8. The first-order valence-electron chi connectivity index (χ1n) is 6.99. The second-order valence-corrected chi connectivity index (χ2v) is 5.12. The lowest BCUT2D eigenvalue weighted by Crippen LogP contribution is -2.20. The summed E-state index contributed by atoms with van der Waals surface area (Å²) >= 11 is 0. The Morgan fingerprint density at radius 3 is 2.61 bits per heavy atom. The number of fused-ring (bicyclic) bond motifs is 1. The minimum absolute atomic E-state index is 0.0960. The van der Waals surface area contributed by atoms with Gasteiger partial charge in [0.25, 0.3) is 0 Å². The van der Waals surface area contributed by atoms with Crippen LogP contribution in [0.15, 0.2) is 48.7 Å². The van der Waals surface area contributed by atoms with Gasteiger partial charge in [0, 0.05) is 18.4 Å². The maximum absolute atomic E-state index is 11.5. The first-order chi connectivity index (χ1) is 11.1. The summed E-state index contributed by atoms with van der Waals surface area (Å²) in [5.74, 6) is -0.313.